The molecule has 0 saturated carbocycles. The van der Waals surface area contributed by atoms with Crippen LogP contribution in [0.2, 0.25) is 0 Å². The van der Waals surface area contributed by atoms with E-state index in [1.54, 1.807) is 18.2 Å². The van der Waals surface area contributed by atoms with Crippen molar-refractivity contribution in [1.29, 1.82) is 0 Å². The van der Waals surface area contributed by atoms with E-state index in [1.807, 2.05) is 30.3 Å². The van der Waals surface area contributed by atoms with Crippen LogP contribution in [0.25, 0.3) is 0 Å². The summed E-state index contributed by atoms with van der Waals surface area (Å²) in [6, 6.07) is 14.6. The standard InChI is InChI=1S/C22H28N2O3S/c1-3-5-15-26-18-13-11-17(12-14-18)23-22(28)24-21(25)19-9-7-8-10-20(19)27-16-6-4-2/h7-14H,3-6,15-16H2,1-2H3,(H2,23,24,25,28). The van der Waals surface area contributed by atoms with E-state index in [9.17, 15) is 4.79 Å². The third kappa shape index (κ3) is 7.19. The first-order valence-electron chi connectivity index (χ1n) is 9.71. The van der Waals surface area contributed by atoms with Crippen molar-refractivity contribution in [3.05, 3.63) is 54.1 Å². The molecule has 2 aromatic carbocycles. The molecule has 0 aliphatic carbocycles. The summed E-state index contributed by atoms with van der Waals surface area (Å²) in [7, 11) is 0. The molecule has 6 heteroatoms. The summed E-state index contributed by atoms with van der Waals surface area (Å²) in [6.45, 7) is 5.50. The Kier molecular flexibility index (Phi) is 9.28. The molecule has 0 bridgehead atoms. The molecule has 150 valence electrons. The predicted octanol–water partition coefficient (Wildman–Crippen LogP) is 5.17. The average Bonchev–Trinajstić information content (AvgIpc) is 2.70. The zero-order valence-electron chi connectivity index (χ0n) is 16.5. The molecule has 2 rings (SSSR count). The van der Waals surface area contributed by atoms with Gasteiger partial charge in [-0.1, -0.05) is 38.8 Å². The summed E-state index contributed by atoms with van der Waals surface area (Å²) in [5.41, 5.74) is 1.24. The number of thiocarbonyl (C=S) groups is 1. The maximum atomic E-state index is 12.6. The highest BCUT2D eigenvalue weighted by Gasteiger charge is 2.13. The van der Waals surface area contributed by atoms with E-state index in [0.29, 0.717) is 24.5 Å². The third-order valence-corrected chi connectivity index (χ3v) is 4.20. The number of carbonyl (C=O) groups is 1. The second-order valence-electron chi connectivity index (χ2n) is 6.33. The molecule has 28 heavy (non-hydrogen) atoms. The van der Waals surface area contributed by atoms with Crippen molar-refractivity contribution in [3.63, 3.8) is 0 Å². The number of nitrogens with one attached hydrogen (secondary N) is 2. The zero-order valence-corrected chi connectivity index (χ0v) is 17.3. The molecule has 5 nitrogen and oxygen atoms in total. The highest BCUT2D eigenvalue weighted by atomic mass is 32.1. The second-order valence-corrected chi connectivity index (χ2v) is 6.74. The van der Waals surface area contributed by atoms with Crippen LogP contribution in [0.5, 0.6) is 11.5 Å². The maximum Gasteiger partial charge on any atom is 0.261 e. The zero-order chi connectivity index (χ0) is 20.2. The quantitative estimate of drug-likeness (QED) is 0.425. The van der Waals surface area contributed by atoms with E-state index in [-0.39, 0.29) is 11.0 Å². The first-order chi connectivity index (χ1) is 13.6. The van der Waals surface area contributed by atoms with Crippen molar-refractivity contribution < 1.29 is 14.3 Å². The van der Waals surface area contributed by atoms with Crippen molar-refractivity contribution >= 4 is 28.9 Å². The van der Waals surface area contributed by atoms with Gasteiger partial charge in [-0.3, -0.25) is 10.1 Å². The van der Waals surface area contributed by atoms with Crippen LogP contribution in [-0.4, -0.2) is 24.2 Å². The molecule has 0 atom stereocenters. The van der Waals surface area contributed by atoms with Gasteiger partial charge in [-0.15, -0.1) is 0 Å². The van der Waals surface area contributed by atoms with E-state index < -0.39 is 0 Å². The number of anilines is 1. The number of rotatable bonds is 10. The van der Waals surface area contributed by atoms with Crippen molar-refractivity contribution in [3.8, 4) is 11.5 Å². The largest absolute Gasteiger partial charge is 0.494 e. The molecular formula is C22H28N2O3S. The lowest BCUT2D eigenvalue weighted by atomic mass is 10.2. The fraction of sp³-hybridized carbons (Fsp3) is 0.364. The third-order valence-electron chi connectivity index (χ3n) is 3.99. The summed E-state index contributed by atoms with van der Waals surface area (Å²) in [6.07, 6.45) is 4.10. The molecule has 0 aliphatic rings. The van der Waals surface area contributed by atoms with Crippen LogP contribution in [0.4, 0.5) is 5.69 Å². The molecule has 0 aromatic heterocycles. The molecule has 2 aromatic rings. The van der Waals surface area contributed by atoms with Gasteiger partial charge in [0.2, 0.25) is 0 Å². The molecule has 1 amide bonds. The number of para-hydroxylation sites is 1. The Labute approximate surface area is 172 Å². The van der Waals surface area contributed by atoms with E-state index in [2.05, 4.69) is 24.5 Å². The number of unbranched alkanes of at least 4 members (excludes halogenated alkanes) is 2. The Balaban J connectivity index is 1.90. The SMILES string of the molecule is CCCCOc1ccc(NC(=S)NC(=O)c2ccccc2OCCCC)cc1. The summed E-state index contributed by atoms with van der Waals surface area (Å²) in [4.78, 5) is 12.6. The summed E-state index contributed by atoms with van der Waals surface area (Å²) < 4.78 is 11.4. The van der Waals surface area contributed by atoms with Crippen LogP contribution in [0.1, 0.15) is 49.9 Å². The van der Waals surface area contributed by atoms with Crippen molar-refractivity contribution in [2.75, 3.05) is 18.5 Å². The smallest absolute Gasteiger partial charge is 0.261 e. The molecule has 2 N–H and O–H groups in total. The molecule has 0 spiro atoms. The van der Waals surface area contributed by atoms with Gasteiger partial charge in [0.05, 0.1) is 18.8 Å². The predicted molar refractivity (Wildman–Crippen MR) is 117 cm³/mol. The lowest BCUT2D eigenvalue weighted by Gasteiger charge is -2.13. The molecule has 0 aliphatic heterocycles. The Morgan fingerprint density at radius 2 is 1.57 bits per heavy atom. The summed E-state index contributed by atoms with van der Waals surface area (Å²) in [5.74, 6) is 1.07. The molecule has 0 radical (unpaired) electrons. The maximum absolute atomic E-state index is 12.6. The lowest BCUT2D eigenvalue weighted by molar-refractivity contribution is 0.0973. The van der Waals surface area contributed by atoms with Crippen LogP contribution >= 0.6 is 12.2 Å². The first kappa shape index (κ1) is 21.7. The summed E-state index contributed by atoms with van der Waals surface area (Å²) >= 11 is 5.27. The number of benzene rings is 2. The number of amides is 1. The summed E-state index contributed by atoms with van der Waals surface area (Å²) in [5, 5.41) is 5.94. The molecule has 0 saturated heterocycles. The topological polar surface area (TPSA) is 59.6 Å². The fourth-order valence-electron chi connectivity index (χ4n) is 2.41. The van der Waals surface area contributed by atoms with Gasteiger partial charge in [0, 0.05) is 5.69 Å². The first-order valence-corrected chi connectivity index (χ1v) is 10.1. The van der Waals surface area contributed by atoms with E-state index in [0.717, 1.165) is 37.1 Å². The molecule has 0 fully saturated rings. The van der Waals surface area contributed by atoms with Gasteiger partial charge < -0.3 is 14.8 Å². The Hall–Kier alpha value is -2.60. The van der Waals surface area contributed by atoms with Gasteiger partial charge in [0.1, 0.15) is 11.5 Å². The van der Waals surface area contributed by atoms with Gasteiger partial charge >= 0.3 is 0 Å². The van der Waals surface area contributed by atoms with Crippen molar-refractivity contribution in [2.24, 2.45) is 0 Å². The minimum absolute atomic E-state index is 0.230. The van der Waals surface area contributed by atoms with Crippen LogP contribution < -0.4 is 20.1 Å². The Morgan fingerprint density at radius 1 is 0.929 bits per heavy atom. The van der Waals surface area contributed by atoms with Gasteiger partial charge in [-0.05, 0) is 61.5 Å². The van der Waals surface area contributed by atoms with Crippen molar-refractivity contribution in [1.82, 2.24) is 5.32 Å². The van der Waals surface area contributed by atoms with Gasteiger partial charge in [0.25, 0.3) is 5.91 Å². The number of hydrogen-bond acceptors (Lipinski definition) is 4. The number of hydrogen-bond donors (Lipinski definition) is 2. The normalized spacial score (nSPS) is 10.2. The highest BCUT2D eigenvalue weighted by molar-refractivity contribution is 7.80. The highest BCUT2D eigenvalue weighted by Crippen LogP contribution is 2.19. The Bertz CT molecular complexity index is 763. The van der Waals surface area contributed by atoms with Crippen LogP contribution in [0.15, 0.2) is 48.5 Å². The molecule has 0 unspecified atom stereocenters. The Morgan fingerprint density at radius 3 is 2.25 bits per heavy atom. The van der Waals surface area contributed by atoms with Gasteiger partial charge in [-0.2, -0.15) is 0 Å². The van der Waals surface area contributed by atoms with E-state index >= 15 is 0 Å². The fourth-order valence-corrected chi connectivity index (χ4v) is 2.62. The van der Waals surface area contributed by atoms with E-state index in [4.69, 9.17) is 21.7 Å². The molecule has 0 heterocycles. The lowest BCUT2D eigenvalue weighted by Crippen LogP contribution is -2.34. The van der Waals surface area contributed by atoms with Crippen molar-refractivity contribution in [2.45, 2.75) is 39.5 Å². The minimum atomic E-state index is -0.302. The monoisotopic (exact) mass is 400 g/mol. The number of carbonyl (C=O) groups excluding carboxylic acids is 1. The molecular weight excluding hydrogens is 372 g/mol. The number of ether oxygens (including phenoxy) is 2. The van der Waals surface area contributed by atoms with Crippen LogP contribution in [0.3, 0.4) is 0 Å². The van der Waals surface area contributed by atoms with Gasteiger partial charge in [-0.25, -0.2) is 0 Å². The minimum Gasteiger partial charge on any atom is -0.494 e. The van der Waals surface area contributed by atoms with Crippen LogP contribution in [-0.2, 0) is 0 Å². The second kappa shape index (κ2) is 12.0. The van der Waals surface area contributed by atoms with E-state index in [1.165, 1.54) is 0 Å². The van der Waals surface area contributed by atoms with Crippen LogP contribution in [0, 0.1) is 0 Å². The average molecular weight is 401 g/mol. The van der Waals surface area contributed by atoms with Gasteiger partial charge in [0.15, 0.2) is 5.11 Å².